The van der Waals surface area contributed by atoms with Gasteiger partial charge in [-0.05, 0) is 31.3 Å². The number of aryl methyl sites for hydroxylation is 2. The molecule has 0 bridgehead atoms. The number of allylic oxidation sites excluding steroid dienone is 1. The van der Waals surface area contributed by atoms with Crippen molar-refractivity contribution in [2.24, 2.45) is 0 Å². The number of anilines is 1. The number of aromatic nitrogens is 2. The molecule has 0 radical (unpaired) electrons. The molecule has 0 aromatic carbocycles. The minimum atomic E-state index is 0.761. The van der Waals surface area contributed by atoms with E-state index >= 15 is 0 Å². The number of hydrogen-bond acceptors (Lipinski definition) is 3. The topological polar surface area (TPSA) is 43.8 Å². The van der Waals surface area contributed by atoms with Crippen LogP contribution in [-0.2, 0) is 19.4 Å². The van der Waals surface area contributed by atoms with Gasteiger partial charge >= 0.3 is 0 Å². The highest BCUT2D eigenvalue weighted by Gasteiger charge is 2.12. The van der Waals surface area contributed by atoms with Crippen LogP contribution in [0.4, 0.5) is 5.82 Å². The summed E-state index contributed by atoms with van der Waals surface area (Å²) < 4.78 is 2.09. The van der Waals surface area contributed by atoms with Gasteiger partial charge in [-0.25, -0.2) is 4.98 Å². The molecule has 0 amide bonds. The second-order valence-electron chi connectivity index (χ2n) is 4.11. The molecule has 1 heterocycles. The summed E-state index contributed by atoms with van der Waals surface area (Å²) in [7, 11) is 0. The second kappa shape index (κ2) is 7.43. The number of nitrogen functional groups attached to an aromatic ring is 1. The van der Waals surface area contributed by atoms with Crippen molar-refractivity contribution in [3.63, 3.8) is 0 Å². The van der Waals surface area contributed by atoms with Gasteiger partial charge in [0.05, 0.1) is 5.69 Å². The van der Waals surface area contributed by atoms with E-state index in [9.17, 15) is 0 Å². The predicted octanol–water partition coefficient (Wildman–Crippen LogP) is 2.90. The fourth-order valence-corrected chi connectivity index (χ4v) is 2.32. The van der Waals surface area contributed by atoms with Crippen LogP contribution in [-0.4, -0.2) is 21.6 Å². The highest BCUT2D eigenvalue weighted by atomic mass is 32.2. The lowest BCUT2D eigenvalue weighted by Gasteiger charge is -2.05. The van der Waals surface area contributed by atoms with Crippen molar-refractivity contribution in [1.29, 1.82) is 0 Å². The fraction of sp³-hybridized carbons (Fsp3) is 0.615. The summed E-state index contributed by atoms with van der Waals surface area (Å²) in [4.78, 5) is 4.67. The third kappa shape index (κ3) is 3.80. The lowest BCUT2D eigenvalue weighted by Crippen LogP contribution is -2.06. The maximum atomic E-state index is 6.15. The van der Waals surface area contributed by atoms with E-state index in [0.717, 1.165) is 55.3 Å². The summed E-state index contributed by atoms with van der Waals surface area (Å²) >= 11 is 1.87. The highest BCUT2D eigenvalue weighted by Crippen LogP contribution is 2.18. The van der Waals surface area contributed by atoms with Crippen molar-refractivity contribution in [2.45, 2.75) is 39.2 Å². The van der Waals surface area contributed by atoms with Crippen LogP contribution in [0.25, 0.3) is 0 Å². The van der Waals surface area contributed by atoms with Crippen LogP contribution in [0.3, 0.4) is 0 Å². The molecule has 0 saturated carbocycles. The first-order valence-electron chi connectivity index (χ1n) is 6.18. The summed E-state index contributed by atoms with van der Waals surface area (Å²) in [6.07, 6.45) is 8.21. The first-order chi connectivity index (χ1) is 8.24. The Labute approximate surface area is 108 Å². The molecule has 3 nitrogen and oxygen atoms in total. The molecule has 0 aliphatic rings. The first-order valence-corrected chi connectivity index (χ1v) is 7.57. The van der Waals surface area contributed by atoms with E-state index < -0.39 is 0 Å². The van der Waals surface area contributed by atoms with Gasteiger partial charge in [0.15, 0.2) is 0 Å². The molecule has 0 aliphatic carbocycles. The Kier molecular flexibility index (Phi) is 6.19. The molecule has 17 heavy (non-hydrogen) atoms. The van der Waals surface area contributed by atoms with Gasteiger partial charge in [0.2, 0.25) is 0 Å². The number of thioether (sulfide) groups is 1. The van der Waals surface area contributed by atoms with Gasteiger partial charge in [-0.15, -0.1) is 6.58 Å². The minimum Gasteiger partial charge on any atom is -0.384 e. The van der Waals surface area contributed by atoms with Gasteiger partial charge in [-0.2, -0.15) is 11.8 Å². The average molecular weight is 253 g/mol. The van der Waals surface area contributed by atoms with Crippen molar-refractivity contribution in [3.8, 4) is 0 Å². The molecule has 0 aliphatic heterocycles. The van der Waals surface area contributed by atoms with Gasteiger partial charge in [0, 0.05) is 13.0 Å². The third-order valence-electron chi connectivity index (χ3n) is 2.71. The molecule has 0 atom stereocenters. The smallest absolute Gasteiger partial charge is 0.127 e. The van der Waals surface area contributed by atoms with E-state index in [4.69, 9.17) is 5.73 Å². The maximum Gasteiger partial charge on any atom is 0.127 e. The summed E-state index contributed by atoms with van der Waals surface area (Å²) in [5, 5.41) is 0. The minimum absolute atomic E-state index is 0.761. The van der Waals surface area contributed by atoms with Crippen molar-refractivity contribution in [3.05, 3.63) is 24.2 Å². The number of hydrogen-bond donors (Lipinski definition) is 1. The van der Waals surface area contributed by atoms with Crippen LogP contribution in [0.2, 0.25) is 0 Å². The molecule has 1 aromatic heterocycles. The van der Waals surface area contributed by atoms with Gasteiger partial charge in [0.25, 0.3) is 0 Å². The Morgan fingerprint density at radius 2 is 2.24 bits per heavy atom. The van der Waals surface area contributed by atoms with Crippen molar-refractivity contribution < 1.29 is 0 Å². The van der Waals surface area contributed by atoms with Crippen molar-refractivity contribution in [1.82, 2.24) is 9.55 Å². The highest BCUT2D eigenvalue weighted by molar-refractivity contribution is 7.98. The summed E-state index contributed by atoms with van der Waals surface area (Å²) in [5.74, 6) is 3.09. The fourth-order valence-electron chi connectivity index (χ4n) is 1.88. The molecule has 0 spiro atoms. The molecule has 0 fully saturated rings. The van der Waals surface area contributed by atoms with Crippen LogP contribution in [0.15, 0.2) is 12.7 Å². The number of imidazole rings is 1. The van der Waals surface area contributed by atoms with Gasteiger partial charge in [0.1, 0.15) is 11.6 Å². The van der Waals surface area contributed by atoms with Crippen molar-refractivity contribution in [2.75, 3.05) is 17.7 Å². The Balaban J connectivity index is 2.82. The van der Waals surface area contributed by atoms with Gasteiger partial charge in [-0.1, -0.05) is 13.0 Å². The van der Waals surface area contributed by atoms with E-state index in [-0.39, 0.29) is 0 Å². The van der Waals surface area contributed by atoms with Crippen LogP contribution in [0, 0.1) is 0 Å². The number of nitrogens with two attached hydrogens (primary N) is 1. The van der Waals surface area contributed by atoms with E-state index in [1.807, 2.05) is 17.8 Å². The first kappa shape index (κ1) is 14.2. The van der Waals surface area contributed by atoms with E-state index in [0.29, 0.717) is 0 Å². The van der Waals surface area contributed by atoms with Gasteiger partial charge < -0.3 is 10.3 Å². The molecule has 1 aromatic rings. The zero-order valence-electron chi connectivity index (χ0n) is 10.9. The van der Waals surface area contributed by atoms with Crippen molar-refractivity contribution >= 4 is 17.6 Å². The molecular formula is C13H23N3S. The summed E-state index contributed by atoms with van der Waals surface area (Å²) in [5.41, 5.74) is 7.21. The normalized spacial score (nSPS) is 10.7. The molecule has 1 rings (SSSR count). The molecule has 0 unspecified atom stereocenters. The van der Waals surface area contributed by atoms with Gasteiger partial charge in [-0.3, -0.25) is 0 Å². The largest absolute Gasteiger partial charge is 0.384 e. The average Bonchev–Trinajstić information content (AvgIpc) is 2.59. The Morgan fingerprint density at radius 3 is 2.82 bits per heavy atom. The van der Waals surface area contributed by atoms with Crippen LogP contribution in [0.5, 0.6) is 0 Å². The Morgan fingerprint density at radius 1 is 1.47 bits per heavy atom. The molecule has 0 saturated heterocycles. The summed E-state index contributed by atoms with van der Waals surface area (Å²) in [6, 6.07) is 0. The van der Waals surface area contributed by atoms with Crippen LogP contribution < -0.4 is 5.73 Å². The monoisotopic (exact) mass is 253 g/mol. The summed E-state index contributed by atoms with van der Waals surface area (Å²) in [6.45, 7) is 6.70. The molecule has 2 N–H and O–H groups in total. The predicted molar refractivity (Wildman–Crippen MR) is 77.5 cm³/mol. The Bertz CT molecular complexity index is 358. The van der Waals surface area contributed by atoms with Crippen LogP contribution in [0.1, 0.15) is 31.3 Å². The maximum absolute atomic E-state index is 6.15. The Hall–Kier alpha value is -0.900. The number of nitrogens with zero attached hydrogens (tertiary/aromatic N) is 2. The zero-order valence-corrected chi connectivity index (χ0v) is 11.7. The lowest BCUT2D eigenvalue weighted by atomic mass is 10.2. The van der Waals surface area contributed by atoms with E-state index in [2.05, 4.69) is 29.3 Å². The van der Waals surface area contributed by atoms with E-state index in [1.54, 1.807) is 0 Å². The van der Waals surface area contributed by atoms with E-state index in [1.165, 1.54) is 0 Å². The third-order valence-corrected chi connectivity index (χ3v) is 3.41. The quantitative estimate of drug-likeness (QED) is 0.572. The molecule has 96 valence electrons. The molecule has 4 heteroatoms. The second-order valence-corrected chi connectivity index (χ2v) is 5.09. The van der Waals surface area contributed by atoms with Crippen LogP contribution >= 0.6 is 11.8 Å². The SMILES string of the molecule is C=CCn1c(CCC)nc(CCCSC)c1N. The standard InChI is InChI=1S/C13H23N3S/c1-4-7-12-15-11(8-6-10-17-3)13(14)16(12)9-5-2/h5H,2,4,6-10,14H2,1,3H3. The number of rotatable bonds is 8. The lowest BCUT2D eigenvalue weighted by molar-refractivity contribution is 0.723. The molecular weight excluding hydrogens is 230 g/mol. The zero-order chi connectivity index (χ0) is 12.7.